The first-order chi connectivity index (χ1) is 7.62. The molecule has 0 saturated carbocycles. The van der Waals surface area contributed by atoms with Crippen LogP contribution in [0.4, 0.5) is 0 Å². The Morgan fingerprint density at radius 1 is 1.35 bits per heavy atom. The molecule has 94 valence electrons. The molecule has 1 amide bonds. The van der Waals surface area contributed by atoms with Gasteiger partial charge in [0.15, 0.2) is 5.03 Å². The smallest absolute Gasteiger partial charge is 0.267 e. The van der Waals surface area contributed by atoms with Gasteiger partial charge in [-0.2, -0.15) is 0 Å². The SMILES string of the molecule is CC(C)(C)NS(=O)(=O)c1cccc(C(N)=O)n1. The molecular formula is C10H15N3O3S. The number of pyridine rings is 1. The van der Waals surface area contributed by atoms with Crippen LogP contribution in [0.5, 0.6) is 0 Å². The normalized spacial score (nSPS) is 12.4. The molecule has 7 heteroatoms. The summed E-state index contributed by atoms with van der Waals surface area (Å²) >= 11 is 0. The summed E-state index contributed by atoms with van der Waals surface area (Å²) in [6.45, 7) is 5.13. The second-order valence-electron chi connectivity index (χ2n) is 4.58. The topological polar surface area (TPSA) is 102 Å². The fourth-order valence-corrected chi connectivity index (χ4v) is 2.54. The second-order valence-corrected chi connectivity index (χ2v) is 6.21. The number of sulfonamides is 1. The fraction of sp³-hybridized carbons (Fsp3) is 0.400. The number of carbonyl (C=O) groups excluding carboxylic acids is 1. The van der Waals surface area contributed by atoms with Crippen LogP contribution < -0.4 is 10.5 Å². The van der Waals surface area contributed by atoms with Crippen LogP contribution in [0.3, 0.4) is 0 Å². The van der Waals surface area contributed by atoms with Gasteiger partial charge in [-0.3, -0.25) is 4.79 Å². The van der Waals surface area contributed by atoms with Crippen LogP contribution in [0.1, 0.15) is 31.3 Å². The average Bonchev–Trinajstić information content (AvgIpc) is 2.14. The zero-order chi connectivity index (χ0) is 13.3. The van der Waals surface area contributed by atoms with Gasteiger partial charge in [-0.1, -0.05) is 6.07 Å². The lowest BCUT2D eigenvalue weighted by molar-refractivity contribution is 0.0995. The predicted octanol–water partition coefficient (Wildman–Crippen LogP) is 0.257. The highest BCUT2D eigenvalue weighted by atomic mass is 32.2. The lowest BCUT2D eigenvalue weighted by Gasteiger charge is -2.19. The van der Waals surface area contributed by atoms with Crippen LogP contribution in [0.15, 0.2) is 23.2 Å². The Bertz CT molecular complexity index is 532. The molecule has 6 nitrogen and oxygen atoms in total. The van der Waals surface area contributed by atoms with Crippen LogP contribution in [0.25, 0.3) is 0 Å². The minimum absolute atomic E-state index is 0.0817. The maximum atomic E-state index is 11.9. The van der Waals surface area contributed by atoms with Crippen molar-refractivity contribution in [3.05, 3.63) is 23.9 Å². The zero-order valence-corrected chi connectivity index (χ0v) is 10.7. The molecule has 0 aliphatic rings. The third-order valence-electron chi connectivity index (χ3n) is 1.69. The van der Waals surface area contributed by atoms with E-state index in [-0.39, 0.29) is 10.7 Å². The Balaban J connectivity index is 3.16. The van der Waals surface area contributed by atoms with Crippen molar-refractivity contribution in [2.75, 3.05) is 0 Å². The number of rotatable bonds is 3. The van der Waals surface area contributed by atoms with Gasteiger partial charge in [0.2, 0.25) is 0 Å². The summed E-state index contributed by atoms with van der Waals surface area (Å²) in [5, 5.41) is -0.219. The molecule has 1 aromatic heterocycles. The van der Waals surface area contributed by atoms with E-state index in [0.717, 1.165) is 0 Å². The molecule has 0 radical (unpaired) electrons. The number of primary amides is 1. The molecule has 1 aromatic rings. The summed E-state index contributed by atoms with van der Waals surface area (Å²) < 4.78 is 26.2. The van der Waals surface area contributed by atoms with Crippen molar-refractivity contribution in [2.45, 2.75) is 31.3 Å². The number of carbonyl (C=O) groups is 1. The van der Waals surface area contributed by atoms with Crippen molar-refractivity contribution < 1.29 is 13.2 Å². The van der Waals surface area contributed by atoms with E-state index in [1.54, 1.807) is 20.8 Å². The van der Waals surface area contributed by atoms with Gasteiger partial charge in [0.1, 0.15) is 5.69 Å². The summed E-state index contributed by atoms with van der Waals surface area (Å²) in [7, 11) is -3.74. The summed E-state index contributed by atoms with van der Waals surface area (Å²) in [6.07, 6.45) is 0. The van der Waals surface area contributed by atoms with Crippen molar-refractivity contribution in [1.82, 2.24) is 9.71 Å². The molecule has 1 heterocycles. The number of nitrogens with zero attached hydrogens (tertiary/aromatic N) is 1. The molecule has 3 N–H and O–H groups in total. The molecule has 0 bridgehead atoms. The van der Waals surface area contributed by atoms with Gasteiger partial charge in [-0.25, -0.2) is 18.1 Å². The van der Waals surface area contributed by atoms with Crippen molar-refractivity contribution in [1.29, 1.82) is 0 Å². The van der Waals surface area contributed by atoms with Crippen LogP contribution >= 0.6 is 0 Å². The van der Waals surface area contributed by atoms with Gasteiger partial charge in [-0.05, 0) is 32.9 Å². The molecule has 0 saturated heterocycles. The van der Waals surface area contributed by atoms with E-state index in [9.17, 15) is 13.2 Å². The van der Waals surface area contributed by atoms with Gasteiger partial charge < -0.3 is 5.73 Å². The van der Waals surface area contributed by atoms with Crippen molar-refractivity contribution in [3.63, 3.8) is 0 Å². The standard InChI is InChI=1S/C10H15N3O3S/c1-10(2,3)13-17(15,16)8-6-4-5-7(12-8)9(11)14/h4-6,13H,1-3H3,(H2,11,14). The summed E-state index contributed by atoms with van der Waals surface area (Å²) in [4.78, 5) is 14.6. The Morgan fingerprint density at radius 3 is 2.41 bits per heavy atom. The molecule has 0 unspecified atom stereocenters. The number of hydrogen-bond acceptors (Lipinski definition) is 4. The van der Waals surface area contributed by atoms with E-state index in [2.05, 4.69) is 9.71 Å². The van der Waals surface area contributed by atoms with Crippen molar-refractivity contribution in [2.24, 2.45) is 5.73 Å². The monoisotopic (exact) mass is 257 g/mol. The van der Waals surface area contributed by atoms with E-state index in [1.807, 2.05) is 0 Å². The Kier molecular flexibility index (Phi) is 3.53. The first kappa shape index (κ1) is 13.6. The number of aromatic nitrogens is 1. The molecule has 0 spiro atoms. The average molecular weight is 257 g/mol. The molecular weight excluding hydrogens is 242 g/mol. The first-order valence-electron chi connectivity index (χ1n) is 4.93. The van der Waals surface area contributed by atoms with Crippen LogP contribution in [-0.2, 0) is 10.0 Å². The quantitative estimate of drug-likeness (QED) is 0.810. The van der Waals surface area contributed by atoms with E-state index in [1.165, 1.54) is 18.2 Å². The maximum Gasteiger partial charge on any atom is 0.267 e. The lowest BCUT2D eigenvalue weighted by atomic mass is 10.1. The first-order valence-corrected chi connectivity index (χ1v) is 6.41. The van der Waals surface area contributed by atoms with Crippen molar-refractivity contribution in [3.8, 4) is 0 Å². The second kappa shape index (κ2) is 4.42. The largest absolute Gasteiger partial charge is 0.364 e. The number of nitrogens with two attached hydrogens (primary N) is 1. The van der Waals surface area contributed by atoms with Gasteiger partial charge >= 0.3 is 0 Å². The molecule has 0 aliphatic heterocycles. The molecule has 17 heavy (non-hydrogen) atoms. The lowest BCUT2D eigenvalue weighted by Crippen LogP contribution is -2.40. The van der Waals surface area contributed by atoms with Gasteiger partial charge in [0.25, 0.3) is 15.9 Å². The molecule has 0 fully saturated rings. The zero-order valence-electron chi connectivity index (χ0n) is 9.89. The molecule has 0 aromatic carbocycles. The summed E-state index contributed by atoms with van der Waals surface area (Å²) in [5.41, 5.74) is 4.33. The highest BCUT2D eigenvalue weighted by Crippen LogP contribution is 2.10. The Morgan fingerprint density at radius 2 is 1.94 bits per heavy atom. The van der Waals surface area contributed by atoms with E-state index < -0.39 is 21.5 Å². The predicted molar refractivity (Wildman–Crippen MR) is 62.8 cm³/mol. The van der Waals surface area contributed by atoms with E-state index >= 15 is 0 Å². The third-order valence-corrected chi connectivity index (χ3v) is 3.35. The van der Waals surface area contributed by atoms with Crippen LogP contribution in [0.2, 0.25) is 0 Å². The fourth-order valence-electron chi connectivity index (χ4n) is 1.16. The van der Waals surface area contributed by atoms with Gasteiger partial charge in [0.05, 0.1) is 0 Å². The third kappa shape index (κ3) is 3.79. The van der Waals surface area contributed by atoms with Gasteiger partial charge in [0, 0.05) is 5.54 Å². The summed E-state index contributed by atoms with van der Waals surface area (Å²) in [6, 6.07) is 4.09. The minimum atomic E-state index is -3.74. The number of hydrogen-bond donors (Lipinski definition) is 2. The molecule has 0 aliphatic carbocycles. The highest BCUT2D eigenvalue weighted by molar-refractivity contribution is 7.89. The van der Waals surface area contributed by atoms with Crippen molar-refractivity contribution >= 4 is 15.9 Å². The number of amides is 1. The Hall–Kier alpha value is -1.47. The highest BCUT2D eigenvalue weighted by Gasteiger charge is 2.23. The van der Waals surface area contributed by atoms with Gasteiger partial charge in [-0.15, -0.1) is 0 Å². The minimum Gasteiger partial charge on any atom is -0.364 e. The van der Waals surface area contributed by atoms with Crippen LogP contribution in [0, 0.1) is 0 Å². The maximum absolute atomic E-state index is 11.9. The van der Waals surface area contributed by atoms with E-state index in [0.29, 0.717) is 0 Å². The van der Waals surface area contributed by atoms with E-state index in [4.69, 9.17) is 5.73 Å². The molecule has 1 rings (SSSR count). The Labute approximate surface area is 100 Å². The summed E-state index contributed by atoms with van der Waals surface area (Å²) in [5.74, 6) is -0.766. The molecule has 0 atom stereocenters. The number of nitrogens with one attached hydrogen (secondary N) is 1. The van der Waals surface area contributed by atoms with Crippen LogP contribution in [-0.4, -0.2) is 24.8 Å².